The van der Waals surface area contributed by atoms with Crippen molar-refractivity contribution in [3.05, 3.63) is 35.9 Å². The standard InChI is InChI=1S/C17H24O4/c1-3-21-17(20)12-10-15(13(2)18)16(19)11-9-14-7-5-4-6-8-14/h4-8,15-16,19H,3,9-12H2,1-2H3/t15-,16-/m1/s1. The lowest BCUT2D eigenvalue weighted by atomic mass is 9.89. The Hall–Kier alpha value is -1.68. The average Bonchev–Trinajstić information content (AvgIpc) is 2.46. The Bertz CT molecular complexity index is 441. The van der Waals surface area contributed by atoms with Gasteiger partial charge in [-0.15, -0.1) is 0 Å². The molecule has 0 saturated heterocycles. The molecule has 0 fully saturated rings. The second-order valence-electron chi connectivity index (χ2n) is 5.15. The van der Waals surface area contributed by atoms with Crippen molar-refractivity contribution in [3.63, 3.8) is 0 Å². The summed E-state index contributed by atoms with van der Waals surface area (Å²) < 4.78 is 4.85. The van der Waals surface area contributed by atoms with E-state index >= 15 is 0 Å². The van der Waals surface area contributed by atoms with Crippen molar-refractivity contribution < 1.29 is 19.4 Å². The first-order valence-electron chi connectivity index (χ1n) is 7.42. The number of ether oxygens (including phenoxy) is 1. The van der Waals surface area contributed by atoms with Crippen LogP contribution in [0.5, 0.6) is 0 Å². The topological polar surface area (TPSA) is 63.6 Å². The zero-order valence-electron chi connectivity index (χ0n) is 12.7. The number of aliphatic hydroxyl groups excluding tert-OH is 1. The van der Waals surface area contributed by atoms with Crippen LogP contribution in [0, 0.1) is 5.92 Å². The van der Waals surface area contributed by atoms with Crippen LogP contribution in [-0.2, 0) is 20.7 Å². The lowest BCUT2D eigenvalue weighted by molar-refractivity contribution is -0.143. The molecule has 0 aliphatic heterocycles. The van der Waals surface area contributed by atoms with Crippen LogP contribution in [0.2, 0.25) is 0 Å². The van der Waals surface area contributed by atoms with Gasteiger partial charge < -0.3 is 9.84 Å². The van der Waals surface area contributed by atoms with Gasteiger partial charge in [0.1, 0.15) is 5.78 Å². The van der Waals surface area contributed by atoms with Gasteiger partial charge in [0.25, 0.3) is 0 Å². The fourth-order valence-electron chi connectivity index (χ4n) is 2.33. The first-order chi connectivity index (χ1) is 10.0. The number of hydrogen-bond donors (Lipinski definition) is 1. The molecule has 4 nitrogen and oxygen atoms in total. The van der Waals surface area contributed by atoms with Crippen LogP contribution >= 0.6 is 0 Å². The van der Waals surface area contributed by atoms with E-state index in [1.807, 2.05) is 30.3 Å². The number of ketones is 1. The van der Waals surface area contributed by atoms with Crippen LogP contribution in [0.1, 0.15) is 38.7 Å². The fourth-order valence-corrected chi connectivity index (χ4v) is 2.33. The molecule has 0 spiro atoms. The Balaban J connectivity index is 2.47. The summed E-state index contributed by atoms with van der Waals surface area (Å²) in [7, 11) is 0. The maximum atomic E-state index is 11.7. The third kappa shape index (κ3) is 6.54. The lowest BCUT2D eigenvalue weighted by Gasteiger charge is -2.20. The number of benzene rings is 1. The molecule has 0 aromatic heterocycles. The van der Waals surface area contributed by atoms with Crippen molar-refractivity contribution in [3.8, 4) is 0 Å². The Kier molecular flexibility index (Phi) is 7.69. The van der Waals surface area contributed by atoms with Crippen molar-refractivity contribution >= 4 is 11.8 Å². The third-order valence-electron chi connectivity index (χ3n) is 3.52. The van der Waals surface area contributed by atoms with Gasteiger partial charge in [0.2, 0.25) is 0 Å². The van der Waals surface area contributed by atoms with Crippen molar-refractivity contribution in [1.29, 1.82) is 0 Å². The van der Waals surface area contributed by atoms with E-state index in [1.54, 1.807) is 6.92 Å². The number of aliphatic hydroxyl groups is 1. The van der Waals surface area contributed by atoms with Gasteiger partial charge in [-0.1, -0.05) is 30.3 Å². The summed E-state index contributed by atoms with van der Waals surface area (Å²) in [6.07, 6.45) is 1.00. The van der Waals surface area contributed by atoms with Crippen molar-refractivity contribution in [2.45, 2.75) is 45.6 Å². The highest BCUT2D eigenvalue weighted by Gasteiger charge is 2.24. The van der Waals surface area contributed by atoms with Gasteiger partial charge in [0, 0.05) is 12.3 Å². The molecule has 0 heterocycles. The minimum atomic E-state index is -0.725. The number of esters is 1. The summed E-state index contributed by atoms with van der Waals surface area (Å²) in [5.41, 5.74) is 1.13. The highest BCUT2D eigenvalue weighted by Crippen LogP contribution is 2.18. The second-order valence-corrected chi connectivity index (χ2v) is 5.15. The van der Waals surface area contributed by atoms with Gasteiger partial charge in [-0.25, -0.2) is 0 Å². The summed E-state index contributed by atoms with van der Waals surface area (Å²) in [6, 6.07) is 9.83. The molecule has 0 unspecified atom stereocenters. The molecule has 0 radical (unpaired) electrons. The molecule has 0 aliphatic carbocycles. The molecule has 1 aromatic carbocycles. The Labute approximate surface area is 126 Å². The molecule has 0 saturated carbocycles. The molecule has 2 atom stereocenters. The van der Waals surface area contributed by atoms with Crippen molar-refractivity contribution in [2.24, 2.45) is 5.92 Å². The summed E-state index contributed by atoms with van der Waals surface area (Å²) in [5.74, 6) is -0.906. The molecule has 21 heavy (non-hydrogen) atoms. The van der Waals surface area contributed by atoms with Crippen LogP contribution in [-0.4, -0.2) is 29.6 Å². The van der Waals surface area contributed by atoms with Gasteiger partial charge in [-0.05, 0) is 38.7 Å². The molecule has 0 aliphatic rings. The highest BCUT2D eigenvalue weighted by atomic mass is 16.5. The van der Waals surface area contributed by atoms with E-state index in [-0.39, 0.29) is 18.2 Å². The molecule has 4 heteroatoms. The molecule has 1 rings (SSSR count). The quantitative estimate of drug-likeness (QED) is 0.710. The lowest BCUT2D eigenvalue weighted by Crippen LogP contribution is -2.28. The molecule has 1 aromatic rings. The normalized spacial score (nSPS) is 13.5. The van der Waals surface area contributed by atoms with E-state index in [4.69, 9.17) is 4.74 Å². The van der Waals surface area contributed by atoms with Crippen molar-refractivity contribution in [2.75, 3.05) is 6.61 Å². The van der Waals surface area contributed by atoms with E-state index in [0.717, 1.165) is 5.56 Å². The van der Waals surface area contributed by atoms with Crippen LogP contribution in [0.15, 0.2) is 30.3 Å². The fraction of sp³-hybridized carbons (Fsp3) is 0.529. The van der Waals surface area contributed by atoms with Gasteiger partial charge in [-0.3, -0.25) is 9.59 Å². The molecule has 116 valence electrons. The number of Topliss-reactive ketones (excluding diaryl/α,β-unsaturated/α-hetero) is 1. The number of hydrogen-bond acceptors (Lipinski definition) is 4. The Morgan fingerprint density at radius 3 is 2.43 bits per heavy atom. The maximum absolute atomic E-state index is 11.7. The summed E-state index contributed by atoms with van der Waals surface area (Å²) >= 11 is 0. The summed E-state index contributed by atoms with van der Waals surface area (Å²) in [4.78, 5) is 23.0. The van der Waals surface area contributed by atoms with E-state index in [0.29, 0.717) is 25.9 Å². The monoisotopic (exact) mass is 292 g/mol. The van der Waals surface area contributed by atoms with Crippen LogP contribution in [0.4, 0.5) is 0 Å². The second kappa shape index (κ2) is 9.29. The van der Waals surface area contributed by atoms with Gasteiger partial charge >= 0.3 is 5.97 Å². The predicted molar refractivity (Wildman–Crippen MR) is 80.8 cm³/mol. The average molecular weight is 292 g/mol. The first kappa shape index (κ1) is 17.4. The number of carbonyl (C=O) groups is 2. The van der Waals surface area contributed by atoms with Crippen LogP contribution in [0.3, 0.4) is 0 Å². The Morgan fingerprint density at radius 2 is 1.86 bits per heavy atom. The summed E-state index contributed by atoms with van der Waals surface area (Å²) in [5, 5.41) is 10.2. The smallest absolute Gasteiger partial charge is 0.305 e. The molecular formula is C17H24O4. The molecule has 0 amide bonds. The predicted octanol–water partition coefficient (Wildman–Crippen LogP) is 2.53. The largest absolute Gasteiger partial charge is 0.466 e. The minimum Gasteiger partial charge on any atom is -0.466 e. The van der Waals surface area contributed by atoms with Crippen molar-refractivity contribution in [1.82, 2.24) is 0 Å². The zero-order chi connectivity index (χ0) is 15.7. The SMILES string of the molecule is CCOC(=O)CC[C@H](C(C)=O)[C@H](O)CCc1ccccc1. The summed E-state index contributed by atoms with van der Waals surface area (Å²) in [6.45, 7) is 3.54. The van der Waals surface area contributed by atoms with E-state index < -0.39 is 12.0 Å². The van der Waals surface area contributed by atoms with Gasteiger partial charge in [0.05, 0.1) is 12.7 Å². The van der Waals surface area contributed by atoms with Gasteiger partial charge in [0.15, 0.2) is 0 Å². The molecule has 1 N–H and O–H groups in total. The highest BCUT2D eigenvalue weighted by molar-refractivity contribution is 5.79. The number of rotatable bonds is 9. The number of carbonyl (C=O) groups excluding carboxylic acids is 2. The molecule has 0 bridgehead atoms. The van der Waals surface area contributed by atoms with Gasteiger partial charge in [-0.2, -0.15) is 0 Å². The van der Waals surface area contributed by atoms with Crippen LogP contribution in [0.25, 0.3) is 0 Å². The Morgan fingerprint density at radius 1 is 1.19 bits per heavy atom. The maximum Gasteiger partial charge on any atom is 0.305 e. The van der Waals surface area contributed by atoms with Crippen LogP contribution < -0.4 is 0 Å². The van der Waals surface area contributed by atoms with E-state index in [2.05, 4.69) is 0 Å². The third-order valence-corrected chi connectivity index (χ3v) is 3.52. The van der Waals surface area contributed by atoms with E-state index in [9.17, 15) is 14.7 Å². The van der Waals surface area contributed by atoms with E-state index in [1.165, 1.54) is 6.92 Å². The number of aryl methyl sites for hydroxylation is 1. The molecular weight excluding hydrogens is 268 g/mol. The zero-order valence-corrected chi connectivity index (χ0v) is 12.7. The first-order valence-corrected chi connectivity index (χ1v) is 7.42. The minimum absolute atomic E-state index is 0.0835.